The van der Waals surface area contributed by atoms with E-state index in [9.17, 15) is 9.59 Å². The number of carboxylic acid groups (broad SMARTS) is 1. The number of rotatable bonds is 6. The zero-order chi connectivity index (χ0) is 12.1. The summed E-state index contributed by atoms with van der Waals surface area (Å²) >= 11 is 0. The Balaban J connectivity index is 2.27. The lowest BCUT2D eigenvalue weighted by Crippen LogP contribution is -2.44. The van der Waals surface area contributed by atoms with Crippen molar-refractivity contribution in [3.05, 3.63) is 0 Å². The van der Waals surface area contributed by atoms with Gasteiger partial charge in [0.15, 0.2) is 0 Å². The molecule has 1 atom stereocenters. The first kappa shape index (κ1) is 13.0. The lowest BCUT2D eigenvalue weighted by Gasteiger charge is -2.25. The predicted octanol–water partition coefficient (Wildman–Crippen LogP) is 1.79. The van der Waals surface area contributed by atoms with Crippen LogP contribution in [0.3, 0.4) is 0 Å². The Kier molecular flexibility index (Phi) is 4.77. The fourth-order valence-corrected chi connectivity index (χ4v) is 1.88. The Morgan fingerprint density at radius 3 is 2.38 bits per heavy atom. The third-order valence-electron chi connectivity index (χ3n) is 3.25. The second-order valence-electron chi connectivity index (χ2n) is 4.96. The molecule has 1 aliphatic rings. The van der Waals surface area contributed by atoms with E-state index in [0.717, 1.165) is 6.42 Å². The summed E-state index contributed by atoms with van der Waals surface area (Å²) in [4.78, 5) is 22.4. The second kappa shape index (κ2) is 5.87. The smallest absolute Gasteiger partial charge is 0.326 e. The summed E-state index contributed by atoms with van der Waals surface area (Å²) in [5.74, 6) is -0.474. The highest BCUT2D eigenvalue weighted by molar-refractivity contribution is 5.83. The summed E-state index contributed by atoms with van der Waals surface area (Å²) in [6, 6.07) is -0.756. The van der Waals surface area contributed by atoms with Crippen molar-refractivity contribution in [2.45, 2.75) is 52.0 Å². The average Bonchev–Trinajstić information content (AvgIpc) is 2.10. The summed E-state index contributed by atoms with van der Waals surface area (Å²) in [5, 5.41) is 11.5. The number of carbonyl (C=O) groups is 2. The Labute approximate surface area is 96.4 Å². The maximum Gasteiger partial charge on any atom is 0.326 e. The zero-order valence-electron chi connectivity index (χ0n) is 10.0. The van der Waals surface area contributed by atoms with E-state index in [-0.39, 0.29) is 11.8 Å². The van der Waals surface area contributed by atoms with E-state index in [4.69, 9.17) is 5.11 Å². The van der Waals surface area contributed by atoms with Gasteiger partial charge < -0.3 is 10.4 Å². The maximum atomic E-state index is 11.5. The Bertz CT molecular complexity index is 259. The van der Waals surface area contributed by atoms with Crippen LogP contribution in [-0.2, 0) is 9.59 Å². The van der Waals surface area contributed by atoms with Crippen molar-refractivity contribution in [3.8, 4) is 0 Å². The van der Waals surface area contributed by atoms with Crippen molar-refractivity contribution < 1.29 is 14.7 Å². The molecule has 16 heavy (non-hydrogen) atoms. The van der Waals surface area contributed by atoms with E-state index in [1.54, 1.807) is 13.8 Å². The molecule has 0 aliphatic heterocycles. The Morgan fingerprint density at radius 2 is 2.00 bits per heavy atom. The third kappa shape index (κ3) is 3.83. The quantitative estimate of drug-likeness (QED) is 0.727. The van der Waals surface area contributed by atoms with E-state index >= 15 is 0 Å². The minimum Gasteiger partial charge on any atom is -0.480 e. The van der Waals surface area contributed by atoms with E-state index in [1.807, 2.05) is 0 Å². The molecular formula is C12H21NO3. The summed E-state index contributed by atoms with van der Waals surface area (Å²) in [6.07, 6.45) is 5.08. The van der Waals surface area contributed by atoms with Gasteiger partial charge in [-0.05, 0) is 18.3 Å². The standard InChI is InChI=1S/C12H21NO3/c1-8(2)11(12(15)16)13-10(14)7-6-9-4-3-5-9/h8-9,11H,3-7H2,1-2H3,(H,13,14)(H,15,16)/t11-/m1/s1. The SMILES string of the molecule is CC(C)[C@@H](NC(=O)CCC1CCC1)C(=O)O. The molecule has 0 heterocycles. The molecule has 1 aliphatic carbocycles. The minimum atomic E-state index is -0.952. The normalized spacial score (nSPS) is 17.9. The second-order valence-corrected chi connectivity index (χ2v) is 4.96. The van der Waals surface area contributed by atoms with Crippen LogP contribution in [0, 0.1) is 11.8 Å². The van der Waals surface area contributed by atoms with Gasteiger partial charge in [-0.3, -0.25) is 4.79 Å². The van der Waals surface area contributed by atoms with Crippen molar-refractivity contribution in [3.63, 3.8) is 0 Å². The van der Waals surface area contributed by atoms with Gasteiger partial charge in [0.25, 0.3) is 0 Å². The lowest BCUT2D eigenvalue weighted by molar-refractivity contribution is -0.143. The number of amides is 1. The first-order chi connectivity index (χ1) is 7.50. The molecule has 0 aromatic heterocycles. The number of nitrogens with one attached hydrogen (secondary N) is 1. The van der Waals surface area contributed by atoms with E-state index in [0.29, 0.717) is 12.3 Å². The van der Waals surface area contributed by atoms with E-state index < -0.39 is 12.0 Å². The molecule has 0 aromatic rings. The van der Waals surface area contributed by atoms with Crippen molar-refractivity contribution in [1.29, 1.82) is 0 Å². The van der Waals surface area contributed by atoms with E-state index in [1.165, 1.54) is 19.3 Å². The number of carbonyl (C=O) groups excluding carboxylic acids is 1. The number of hydrogen-bond acceptors (Lipinski definition) is 2. The molecule has 0 unspecified atom stereocenters. The van der Waals surface area contributed by atoms with Gasteiger partial charge in [-0.1, -0.05) is 33.1 Å². The summed E-state index contributed by atoms with van der Waals surface area (Å²) in [6.45, 7) is 3.59. The van der Waals surface area contributed by atoms with Crippen molar-refractivity contribution >= 4 is 11.9 Å². The lowest BCUT2D eigenvalue weighted by atomic mass is 9.82. The van der Waals surface area contributed by atoms with Crippen LogP contribution in [-0.4, -0.2) is 23.0 Å². The number of aliphatic carboxylic acids is 1. The number of carboxylic acids is 1. The molecule has 0 bridgehead atoms. The molecule has 2 N–H and O–H groups in total. The number of hydrogen-bond donors (Lipinski definition) is 2. The molecule has 92 valence electrons. The van der Waals surface area contributed by atoms with E-state index in [2.05, 4.69) is 5.32 Å². The molecule has 1 saturated carbocycles. The molecule has 4 nitrogen and oxygen atoms in total. The maximum absolute atomic E-state index is 11.5. The van der Waals surface area contributed by atoms with Crippen LogP contribution in [0.25, 0.3) is 0 Å². The van der Waals surface area contributed by atoms with Gasteiger partial charge >= 0.3 is 5.97 Å². The van der Waals surface area contributed by atoms with Gasteiger partial charge in [-0.15, -0.1) is 0 Å². The molecule has 0 spiro atoms. The predicted molar refractivity (Wildman–Crippen MR) is 61.0 cm³/mol. The summed E-state index contributed by atoms with van der Waals surface area (Å²) < 4.78 is 0. The highest BCUT2D eigenvalue weighted by Gasteiger charge is 2.24. The highest BCUT2D eigenvalue weighted by Crippen LogP contribution is 2.30. The largest absolute Gasteiger partial charge is 0.480 e. The van der Waals surface area contributed by atoms with Gasteiger partial charge in [-0.2, -0.15) is 0 Å². The molecule has 0 aromatic carbocycles. The Morgan fingerprint density at radius 1 is 1.38 bits per heavy atom. The van der Waals surface area contributed by atoms with Gasteiger partial charge in [0, 0.05) is 6.42 Å². The Hall–Kier alpha value is -1.06. The molecule has 1 rings (SSSR count). The van der Waals surface area contributed by atoms with Crippen LogP contribution in [0.5, 0.6) is 0 Å². The monoisotopic (exact) mass is 227 g/mol. The molecule has 0 radical (unpaired) electrons. The fraction of sp³-hybridized carbons (Fsp3) is 0.833. The van der Waals surface area contributed by atoms with Gasteiger partial charge in [0.1, 0.15) is 6.04 Å². The van der Waals surface area contributed by atoms with Crippen molar-refractivity contribution in [2.75, 3.05) is 0 Å². The van der Waals surface area contributed by atoms with Gasteiger partial charge in [-0.25, -0.2) is 4.79 Å². The summed E-state index contributed by atoms with van der Waals surface area (Å²) in [7, 11) is 0. The third-order valence-corrected chi connectivity index (χ3v) is 3.25. The summed E-state index contributed by atoms with van der Waals surface area (Å²) in [5.41, 5.74) is 0. The molecule has 1 amide bonds. The van der Waals surface area contributed by atoms with Crippen molar-refractivity contribution in [2.24, 2.45) is 11.8 Å². The van der Waals surface area contributed by atoms with Crippen LogP contribution in [0.4, 0.5) is 0 Å². The van der Waals surface area contributed by atoms with Crippen LogP contribution >= 0.6 is 0 Å². The van der Waals surface area contributed by atoms with Crippen LogP contribution < -0.4 is 5.32 Å². The van der Waals surface area contributed by atoms with Crippen LogP contribution in [0.1, 0.15) is 46.0 Å². The molecule has 0 saturated heterocycles. The molecular weight excluding hydrogens is 206 g/mol. The highest BCUT2D eigenvalue weighted by atomic mass is 16.4. The first-order valence-electron chi connectivity index (χ1n) is 6.03. The fourth-order valence-electron chi connectivity index (χ4n) is 1.88. The topological polar surface area (TPSA) is 66.4 Å². The van der Waals surface area contributed by atoms with Crippen molar-refractivity contribution in [1.82, 2.24) is 5.32 Å². The van der Waals surface area contributed by atoms with Gasteiger partial charge in [0.05, 0.1) is 0 Å². The van der Waals surface area contributed by atoms with Crippen LogP contribution in [0.2, 0.25) is 0 Å². The zero-order valence-corrected chi connectivity index (χ0v) is 10.0. The average molecular weight is 227 g/mol. The molecule has 4 heteroatoms. The minimum absolute atomic E-state index is 0.0786. The van der Waals surface area contributed by atoms with Gasteiger partial charge in [0.2, 0.25) is 5.91 Å². The first-order valence-corrected chi connectivity index (χ1v) is 6.03. The molecule has 1 fully saturated rings. The van der Waals surface area contributed by atoms with Crippen LogP contribution in [0.15, 0.2) is 0 Å².